The van der Waals surface area contributed by atoms with E-state index in [-0.39, 0.29) is 37.6 Å². The summed E-state index contributed by atoms with van der Waals surface area (Å²) in [6.07, 6.45) is 2.13. The number of sulfone groups is 1. The summed E-state index contributed by atoms with van der Waals surface area (Å²) in [5, 5.41) is 0.427. The summed E-state index contributed by atoms with van der Waals surface area (Å²) in [6.45, 7) is 12.1. The minimum Gasteiger partial charge on any atom is -0.469 e. The highest BCUT2D eigenvalue weighted by molar-refractivity contribution is 7.92. The van der Waals surface area contributed by atoms with Crippen LogP contribution in [0, 0.1) is 0 Å². The number of hydrogen-bond donors (Lipinski definition) is 0. The van der Waals surface area contributed by atoms with Crippen molar-refractivity contribution in [2.24, 2.45) is 0 Å². The number of rotatable bonds is 25. The largest absolute Gasteiger partial charge is 0.469 e. The Balaban J connectivity index is 2.77. The Bertz CT molecular complexity index is 1340. The normalized spacial score (nSPS) is 14.7. The van der Waals surface area contributed by atoms with E-state index < -0.39 is 46.6 Å². The summed E-state index contributed by atoms with van der Waals surface area (Å²) >= 11 is 0. The standard InChI is InChI=1S/C39H62O10SSi/c1-9-10-28-50(42,43)36(29-37(41)45-8)38(47-30-46-27-26-44-7)35(25-19-11-14-20-31(2)48-32(3)40)49-51(39(4,5)6,33-21-15-12-16-22-33)34-23-17-13-18-24-34/h12-13,15-18,21-24,31,35-36,38H,9-11,14,19-20,25-30H2,1-8H3/t31-,35+,36?,38-/m0/s1. The van der Waals surface area contributed by atoms with Crippen LogP contribution >= 0.6 is 0 Å². The highest BCUT2D eigenvalue weighted by Crippen LogP contribution is 2.39. The van der Waals surface area contributed by atoms with Gasteiger partial charge in [0.15, 0.2) is 9.84 Å². The highest BCUT2D eigenvalue weighted by atomic mass is 32.2. The van der Waals surface area contributed by atoms with Crippen LogP contribution in [-0.2, 0) is 47.5 Å². The molecule has 0 fully saturated rings. The van der Waals surface area contributed by atoms with Crippen molar-refractivity contribution >= 4 is 40.5 Å². The quantitative estimate of drug-likeness (QED) is 0.0518. The van der Waals surface area contributed by atoms with Crippen LogP contribution in [0.2, 0.25) is 5.04 Å². The van der Waals surface area contributed by atoms with Gasteiger partial charge < -0.3 is 28.1 Å². The Morgan fingerprint density at radius 3 is 1.94 bits per heavy atom. The molecule has 0 N–H and O–H groups in total. The van der Waals surface area contributed by atoms with Crippen LogP contribution in [0.4, 0.5) is 0 Å². The molecule has 2 rings (SSSR count). The topological polar surface area (TPSA) is 124 Å². The third-order valence-corrected chi connectivity index (χ3v) is 16.3. The summed E-state index contributed by atoms with van der Waals surface area (Å²) in [5.74, 6) is -1.05. The molecular weight excluding hydrogens is 689 g/mol. The number of methoxy groups -OCH3 is 2. The molecule has 0 amide bonds. The van der Waals surface area contributed by atoms with E-state index in [1.807, 2.05) is 50.2 Å². The number of hydrogen-bond acceptors (Lipinski definition) is 10. The average molecular weight is 751 g/mol. The van der Waals surface area contributed by atoms with Crippen LogP contribution in [0.15, 0.2) is 60.7 Å². The summed E-state index contributed by atoms with van der Waals surface area (Å²) in [5.41, 5.74) is 0. The maximum absolute atomic E-state index is 14.2. The molecule has 10 nitrogen and oxygen atoms in total. The second kappa shape index (κ2) is 22.5. The number of benzene rings is 2. The van der Waals surface area contributed by atoms with E-state index in [0.717, 1.165) is 23.2 Å². The van der Waals surface area contributed by atoms with E-state index in [2.05, 4.69) is 45.0 Å². The first-order valence-electron chi connectivity index (χ1n) is 18.2. The van der Waals surface area contributed by atoms with Gasteiger partial charge in [0, 0.05) is 14.0 Å². The van der Waals surface area contributed by atoms with Crippen LogP contribution in [0.5, 0.6) is 0 Å². The van der Waals surface area contributed by atoms with Crippen molar-refractivity contribution in [3.63, 3.8) is 0 Å². The minimum absolute atomic E-state index is 0.102. The molecule has 12 heteroatoms. The zero-order chi connectivity index (χ0) is 37.9. The van der Waals surface area contributed by atoms with E-state index in [9.17, 15) is 18.0 Å². The lowest BCUT2D eigenvalue weighted by molar-refractivity contribution is -0.146. The van der Waals surface area contributed by atoms with Crippen LogP contribution in [-0.4, -0.2) is 92.2 Å². The lowest BCUT2D eigenvalue weighted by atomic mass is 10.0. The van der Waals surface area contributed by atoms with Crippen molar-refractivity contribution in [3.8, 4) is 0 Å². The van der Waals surface area contributed by atoms with Crippen LogP contribution in [0.25, 0.3) is 0 Å². The fraction of sp³-hybridized carbons (Fsp3) is 0.641. The molecule has 0 aromatic heterocycles. The molecular formula is C39H62O10SSi. The Morgan fingerprint density at radius 1 is 0.843 bits per heavy atom. The summed E-state index contributed by atoms with van der Waals surface area (Å²) < 4.78 is 63.8. The van der Waals surface area contributed by atoms with Crippen molar-refractivity contribution < 1.29 is 46.1 Å². The maximum atomic E-state index is 14.2. The van der Waals surface area contributed by atoms with Gasteiger partial charge in [-0.25, -0.2) is 8.42 Å². The van der Waals surface area contributed by atoms with Crippen molar-refractivity contribution in [3.05, 3.63) is 60.7 Å². The fourth-order valence-electron chi connectivity index (χ4n) is 6.48. The molecule has 1 unspecified atom stereocenters. The zero-order valence-electron chi connectivity index (χ0n) is 32.1. The third kappa shape index (κ3) is 14.0. The minimum atomic E-state index is -3.88. The molecule has 4 atom stereocenters. The fourth-order valence-corrected chi connectivity index (χ4v) is 13.2. The molecule has 0 radical (unpaired) electrons. The van der Waals surface area contributed by atoms with E-state index in [0.29, 0.717) is 38.7 Å². The Labute approximate surface area is 307 Å². The van der Waals surface area contributed by atoms with Gasteiger partial charge in [0.1, 0.15) is 18.1 Å². The van der Waals surface area contributed by atoms with Gasteiger partial charge in [-0.15, -0.1) is 0 Å². The predicted molar refractivity (Wildman–Crippen MR) is 203 cm³/mol. The smallest absolute Gasteiger partial charge is 0.306 e. The summed E-state index contributed by atoms with van der Waals surface area (Å²) in [4.78, 5) is 24.4. The van der Waals surface area contributed by atoms with Crippen molar-refractivity contribution in [2.75, 3.05) is 40.0 Å². The second-order valence-corrected chi connectivity index (χ2v) is 20.7. The highest BCUT2D eigenvalue weighted by Gasteiger charge is 2.53. The molecule has 0 bridgehead atoms. The van der Waals surface area contributed by atoms with Crippen LogP contribution in [0.3, 0.4) is 0 Å². The summed E-state index contributed by atoms with van der Waals surface area (Å²) in [6, 6.07) is 20.3. The first-order chi connectivity index (χ1) is 24.2. The van der Waals surface area contributed by atoms with Gasteiger partial charge in [-0.05, 0) is 48.0 Å². The average Bonchev–Trinajstić information content (AvgIpc) is 3.09. The van der Waals surface area contributed by atoms with Gasteiger partial charge in [-0.2, -0.15) is 0 Å². The number of esters is 2. The van der Waals surface area contributed by atoms with E-state index in [4.69, 9.17) is 28.1 Å². The molecule has 0 aliphatic heterocycles. The van der Waals surface area contributed by atoms with E-state index >= 15 is 0 Å². The van der Waals surface area contributed by atoms with Crippen molar-refractivity contribution in [1.29, 1.82) is 0 Å². The Kier molecular flexibility index (Phi) is 19.6. The lowest BCUT2D eigenvalue weighted by Gasteiger charge is -2.47. The van der Waals surface area contributed by atoms with Gasteiger partial charge in [-0.1, -0.05) is 108 Å². The summed E-state index contributed by atoms with van der Waals surface area (Å²) in [7, 11) is -4.28. The SMILES string of the molecule is CCCCS(=O)(=O)C(CC(=O)OC)[C@@H](OCOCCOC)[C@@H](CCCCC[C@H](C)OC(C)=O)O[Si](c1ccccc1)(c1ccccc1)C(C)(C)C. The van der Waals surface area contributed by atoms with E-state index in [1.165, 1.54) is 14.0 Å². The monoisotopic (exact) mass is 750 g/mol. The predicted octanol–water partition coefficient (Wildman–Crippen LogP) is 5.99. The first-order valence-corrected chi connectivity index (χ1v) is 21.8. The molecule has 2 aromatic carbocycles. The number of carbonyl (C=O) groups excluding carboxylic acids is 2. The van der Waals surface area contributed by atoms with Gasteiger partial charge in [0.25, 0.3) is 8.32 Å². The number of carbonyl (C=O) groups is 2. The number of ether oxygens (including phenoxy) is 5. The molecule has 0 aliphatic rings. The third-order valence-electron chi connectivity index (χ3n) is 9.06. The lowest BCUT2D eigenvalue weighted by Crippen LogP contribution is -2.69. The maximum Gasteiger partial charge on any atom is 0.306 e. The van der Waals surface area contributed by atoms with Gasteiger partial charge in [0.05, 0.1) is 44.7 Å². The van der Waals surface area contributed by atoms with E-state index in [1.54, 1.807) is 7.11 Å². The Morgan fingerprint density at radius 2 is 1.43 bits per heavy atom. The first kappa shape index (κ1) is 44.5. The van der Waals surface area contributed by atoms with Gasteiger partial charge in [0.2, 0.25) is 0 Å². The molecule has 288 valence electrons. The van der Waals surface area contributed by atoms with Crippen LogP contribution < -0.4 is 10.4 Å². The Hall–Kier alpha value is -2.61. The molecule has 0 saturated carbocycles. The molecule has 0 saturated heterocycles. The molecule has 2 aromatic rings. The van der Waals surface area contributed by atoms with Crippen LogP contribution in [0.1, 0.15) is 92.9 Å². The molecule has 0 heterocycles. The second-order valence-electron chi connectivity index (χ2n) is 14.1. The molecule has 51 heavy (non-hydrogen) atoms. The van der Waals surface area contributed by atoms with Gasteiger partial charge >= 0.3 is 11.9 Å². The molecule has 0 aliphatic carbocycles. The zero-order valence-corrected chi connectivity index (χ0v) is 33.9. The van der Waals surface area contributed by atoms with Crippen molar-refractivity contribution in [2.45, 2.75) is 122 Å². The van der Waals surface area contributed by atoms with Crippen molar-refractivity contribution in [1.82, 2.24) is 0 Å². The number of unbranched alkanes of at least 4 members (excludes halogenated alkanes) is 3. The van der Waals surface area contributed by atoms with Gasteiger partial charge in [-0.3, -0.25) is 9.59 Å². The molecule has 0 spiro atoms.